The number of aromatic nitrogens is 4. The minimum Gasteiger partial charge on any atom is -0.455 e. The van der Waals surface area contributed by atoms with Crippen LogP contribution in [0.2, 0.25) is 0 Å². The molecule has 5 nitrogen and oxygen atoms in total. The van der Waals surface area contributed by atoms with Gasteiger partial charge in [-0.3, -0.25) is 0 Å². The summed E-state index contributed by atoms with van der Waals surface area (Å²) in [6, 6.07) is 63.1. The zero-order chi connectivity index (χ0) is 40.5. The van der Waals surface area contributed by atoms with Crippen LogP contribution in [0, 0.1) is 0 Å². The molecule has 62 heavy (non-hydrogen) atoms. The molecular formula is C57H34N4O. The number of para-hydroxylation sites is 1. The van der Waals surface area contributed by atoms with Crippen molar-refractivity contribution in [3.05, 3.63) is 199 Å². The number of allylic oxidation sites excluding steroid dienone is 1. The lowest BCUT2D eigenvalue weighted by Crippen LogP contribution is -2.12. The van der Waals surface area contributed by atoms with E-state index in [-0.39, 0.29) is 5.92 Å². The quantitative estimate of drug-likeness (QED) is 0.167. The monoisotopic (exact) mass is 790 g/mol. The number of rotatable bonds is 4. The van der Waals surface area contributed by atoms with E-state index in [1.807, 2.05) is 0 Å². The van der Waals surface area contributed by atoms with Gasteiger partial charge in [-0.2, -0.15) is 0 Å². The number of hydrogen-bond acceptors (Lipinski definition) is 4. The fourth-order valence-corrected chi connectivity index (χ4v) is 10.4. The number of nitrogens with zero attached hydrogens (tertiary/aromatic N) is 4. The van der Waals surface area contributed by atoms with Crippen molar-refractivity contribution in [2.24, 2.45) is 0 Å². The van der Waals surface area contributed by atoms with Gasteiger partial charge in [-0.05, 0) is 91.6 Å². The molecule has 1 unspecified atom stereocenters. The standard InChI is InChI=1S/C57H34N4O/c1-3-13-35-29-38(25-23-33(35)11-1)55-58-56(39-26-24-34-12-2-4-14-36(34)30-39)60-57(59-55)47-21-9-20-46-43-28-27-40(32-50(43)62-54(46)47)61-48-22-10-19-45-42-17-7-8-18-44(42)51-41-16-6-5-15-37(41)31-49(61)53(51)52(45)48/h1-29,31-32,39H,30H2. The molecule has 0 saturated carbocycles. The van der Waals surface area contributed by atoms with E-state index in [1.165, 1.54) is 70.6 Å². The summed E-state index contributed by atoms with van der Waals surface area (Å²) in [5.41, 5.74) is 9.31. The van der Waals surface area contributed by atoms with Gasteiger partial charge in [-0.1, -0.05) is 146 Å². The summed E-state index contributed by atoms with van der Waals surface area (Å²) in [7, 11) is 0. The molecule has 288 valence electrons. The van der Waals surface area contributed by atoms with Crippen LogP contribution in [0.15, 0.2) is 186 Å². The SMILES string of the molecule is C1=CC(c2nc(-c3ccc4ccccc4c3)nc(-c3cccc4c3oc3cc(-n5c6cccc7c8ccccc8c8c9ccccc9cc5c8c76)ccc34)n2)Cc2ccccc21. The van der Waals surface area contributed by atoms with E-state index in [1.54, 1.807) is 0 Å². The predicted octanol–water partition coefficient (Wildman–Crippen LogP) is 14.6. The molecule has 14 rings (SSSR count). The zero-order valence-electron chi connectivity index (χ0n) is 33.4. The maximum Gasteiger partial charge on any atom is 0.167 e. The minimum absolute atomic E-state index is 0.00325. The summed E-state index contributed by atoms with van der Waals surface area (Å²) in [6.45, 7) is 0. The van der Waals surface area contributed by atoms with Crippen LogP contribution in [-0.2, 0) is 6.42 Å². The first-order chi connectivity index (χ1) is 30.7. The topological polar surface area (TPSA) is 56.7 Å². The van der Waals surface area contributed by atoms with Crippen LogP contribution in [0.4, 0.5) is 0 Å². The lowest BCUT2D eigenvalue weighted by Gasteiger charge is -2.19. The molecule has 0 saturated heterocycles. The van der Waals surface area contributed by atoms with Crippen molar-refractivity contribution < 1.29 is 4.42 Å². The van der Waals surface area contributed by atoms with Crippen LogP contribution in [0.25, 0.3) is 121 Å². The maximum absolute atomic E-state index is 6.99. The number of furan rings is 1. The van der Waals surface area contributed by atoms with Crippen LogP contribution in [0.5, 0.6) is 0 Å². The third-order valence-electron chi connectivity index (χ3n) is 13.3. The van der Waals surface area contributed by atoms with E-state index in [0.717, 1.165) is 56.4 Å². The molecule has 3 heterocycles. The van der Waals surface area contributed by atoms with Crippen LogP contribution in [-0.4, -0.2) is 19.5 Å². The molecule has 0 radical (unpaired) electrons. The number of hydrogen-bond donors (Lipinski definition) is 0. The molecule has 1 atom stereocenters. The van der Waals surface area contributed by atoms with Crippen LogP contribution < -0.4 is 0 Å². The number of benzene rings is 10. The second-order valence-electron chi connectivity index (χ2n) is 16.7. The molecule has 3 aromatic heterocycles. The maximum atomic E-state index is 6.99. The van der Waals surface area contributed by atoms with Gasteiger partial charge in [0.05, 0.1) is 16.6 Å². The van der Waals surface area contributed by atoms with Gasteiger partial charge in [0, 0.05) is 50.2 Å². The molecule has 0 aliphatic heterocycles. The largest absolute Gasteiger partial charge is 0.455 e. The highest BCUT2D eigenvalue weighted by Crippen LogP contribution is 2.47. The van der Waals surface area contributed by atoms with E-state index in [2.05, 4.69) is 193 Å². The summed E-state index contributed by atoms with van der Waals surface area (Å²) < 4.78 is 9.41. The summed E-state index contributed by atoms with van der Waals surface area (Å²) >= 11 is 0. The lowest BCUT2D eigenvalue weighted by molar-refractivity contribution is 0.668. The molecular weight excluding hydrogens is 757 g/mol. The van der Waals surface area contributed by atoms with E-state index in [9.17, 15) is 0 Å². The molecule has 0 N–H and O–H groups in total. The molecule has 0 bridgehead atoms. The van der Waals surface area contributed by atoms with Crippen LogP contribution >= 0.6 is 0 Å². The van der Waals surface area contributed by atoms with Gasteiger partial charge < -0.3 is 8.98 Å². The van der Waals surface area contributed by atoms with E-state index in [4.69, 9.17) is 19.4 Å². The fourth-order valence-electron chi connectivity index (χ4n) is 10.4. The first-order valence-corrected chi connectivity index (χ1v) is 21.3. The van der Waals surface area contributed by atoms with Gasteiger partial charge in [0.15, 0.2) is 11.6 Å². The van der Waals surface area contributed by atoms with Gasteiger partial charge in [0.2, 0.25) is 0 Å². The molecule has 5 heteroatoms. The van der Waals surface area contributed by atoms with E-state index < -0.39 is 0 Å². The molecule has 1 aliphatic carbocycles. The Morgan fingerprint density at radius 1 is 0.484 bits per heavy atom. The van der Waals surface area contributed by atoms with E-state index >= 15 is 0 Å². The summed E-state index contributed by atoms with van der Waals surface area (Å²) in [4.78, 5) is 15.7. The van der Waals surface area contributed by atoms with Crippen LogP contribution in [0.3, 0.4) is 0 Å². The average Bonchev–Trinajstić information content (AvgIpc) is 3.88. The second-order valence-corrected chi connectivity index (χ2v) is 16.7. The molecule has 13 aromatic rings. The van der Waals surface area contributed by atoms with Crippen LogP contribution in [0.1, 0.15) is 22.9 Å². The first kappa shape index (κ1) is 33.7. The van der Waals surface area contributed by atoms with Crippen molar-refractivity contribution in [2.45, 2.75) is 12.3 Å². The zero-order valence-corrected chi connectivity index (χ0v) is 33.4. The van der Waals surface area contributed by atoms with E-state index in [0.29, 0.717) is 11.6 Å². The minimum atomic E-state index is -0.00325. The smallest absolute Gasteiger partial charge is 0.167 e. The normalized spacial score (nSPS) is 14.2. The van der Waals surface area contributed by atoms with Crippen molar-refractivity contribution in [1.82, 2.24) is 19.5 Å². The Morgan fingerprint density at radius 3 is 2.16 bits per heavy atom. The second kappa shape index (κ2) is 12.7. The summed E-state index contributed by atoms with van der Waals surface area (Å²) in [5, 5.41) is 14.6. The third-order valence-corrected chi connectivity index (χ3v) is 13.3. The fraction of sp³-hybridized carbons (Fsp3) is 0.0351. The highest BCUT2D eigenvalue weighted by Gasteiger charge is 2.25. The average molecular weight is 791 g/mol. The first-order valence-electron chi connectivity index (χ1n) is 21.3. The summed E-state index contributed by atoms with van der Waals surface area (Å²) in [6.07, 6.45) is 5.25. The Bertz CT molecular complexity index is 4030. The molecule has 10 aromatic carbocycles. The van der Waals surface area contributed by atoms with Gasteiger partial charge >= 0.3 is 0 Å². The predicted molar refractivity (Wildman–Crippen MR) is 255 cm³/mol. The van der Waals surface area contributed by atoms with Gasteiger partial charge in [0.1, 0.15) is 17.0 Å². The Labute approximate surface area is 355 Å². The van der Waals surface area contributed by atoms with Gasteiger partial charge in [0.25, 0.3) is 0 Å². The van der Waals surface area contributed by atoms with Gasteiger partial charge in [-0.15, -0.1) is 0 Å². The molecule has 0 fully saturated rings. The molecule has 1 aliphatic rings. The van der Waals surface area contributed by atoms with Crippen molar-refractivity contribution in [3.8, 4) is 28.5 Å². The molecule has 0 spiro atoms. The van der Waals surface area contributed by atoms with Gasteiger partial charge in [-0.25, -0.2) is 15.0 Å². The Hall–Kier alpha value is -8.15. The Balaban J connectivity index is 0.975. The highest BCUT2D eigenvalue weighted by atomic mass is 16.3. The lowest BCUT2D eigenvalue weighted by atomic mass is 9.89. The van der Waals surface area contributed by atoms with Crippen molar-refractivity contribution >= 4 is 92.9 Å². The van der Waals surface area contributed by atoms with Crippen molar-refractivity contribution in [2.75, 3.05) is 0 Å². The summed E-state index contributed by atoms with van der Waals surface area (Å²) in [5.74, 6) is 1.99. The third kappa shape index (κ3) is 4.82. The molecule has 0 amide bonds. The number of fused-ring (bicyclic) bond motifs is 10. The van der Waals surface area contributed by atoms with Crippen molar-refractivity contribution in [1.29, 1.82) is 0 Å². The Morgan fingerprint density at radius 2 is 1.23 bits per heavy atom. The highest BCUT2D eigenvalue weighted by molar-refractivity contribution is 6.39. The van der Waals surface area contributed by atoms with Crippen molar-refractivity contribution in [3.63, 3.8) is 0 Å². The Kier molecular flexibility index (Phi) is 6.88.